The van der Waals surface area contributed by atoms with E-state index in [0.29, 0.717) is 12.2 Å². The first kappa shape index (κ1) is 15.3. The van der Waals surface area contributed by atoms with Crippen LogP contribution in [0.1, 0.15) is 16.7 Å². The Labute approximate surface area is 127 Å². The van der Waals surface area contributed by atoms with Gasteiger partial charge in [-0.15, -0.1) is 0 Å². The number of hydrogen-bond acceptors (Lipinski definition) is 2. The lowest BCUT2D eigenvalue weighted by molar-refractivity contribution is 0.554. The molecule has 3 N–H and O–H groups in total. The zero-order chi connectivity index (χ0) is 15.4. The smallest absolute Gasteiger partial charge is 0.169 e. The van der Waals surface area contributed by atoms with Gasteiger partial charge in [0, 0.05) is 11.8 Å². The Morgan fingerprint density at radius 3 is 2.57 bits per heavy atom. The summed E-state index contributed by atoms with van der Waals surface area (Å²) in [6.07, 6.45) is 2.33. The van der Waals surface area contributed by atoms with Crippen molar-refractivity contribution in [1.82, 2.24) is 4.98 Å². The topological polar surface area (TPSA) is 50.9 Å². The third-order valence-electron chi connectivity index (χ3n) is 3.05. The molecule has 0 atom stereocenters. The fraction of sp³-hybridized carbons (Fsp3) is 0.200. The molecule has 1 aromatic heterocycles. The van der Waals surface area contributed by atoms with Gasteiger partial charge in [-0.2, -0.15) is 0 Å². The number of hydrogen-bond donors (Lipinski definition) is 2. The predicted molar refractivity (Wildman–Crippen MR) is 83.1 cm³/mol. The molecule has 110 valence electrons. The maximum Gasteiger partial charge on any atom is 0.169 e. The fourth-order valence-electron chi connectivity index (χ4n) is 2.08. The van der Waals surface area contributed by atoms with Gasteiger partial charge in [0.1, 0.15) is 17.5 Å². The molecule has 6 heteroatoms. The molecule has 0 spiro atoms. The summed E-state index contributed by atoms with van der Waals surface area (Å²) >= 11 is 4.80. The fourth-order valence-corrected chi connectivity index (χ4v) is 2.18. The van der Waals surface area contributed by atoms with Crippen LogP contribution in [0.2, 0.25) is 0 Å². The number of benzene rings is 1. The molecule has 0 radical (unpaired) electrons. The van der Waals surface area contributed by atoms with Crippen LogP contribution in [-0.2, 0) is 12.8 Å². The monoisotopic (exact) mass is 307 g/mol. The van der Waals surface area contributed by atoms with Crippen LogP contribution in [0.5, 0.6) is 0 Å². The summed E-state index contributed by atoms with van der Waals surface area (Å²) in [5.41, 5.74) is 7.28. The lowest BCUT2D eigenvalue weighted by Gasteiger charge is -2.11. The maximum atomic E-state index is 13.6. The Bertz CT molecular complexity index is 654. The molecular weight excluding hydrogens is 292 g/mol. The van der Waals surface area contributed by atoms with Crippen molar-refractivity contribution < 1.29 is 8.78 Å². The molecule has 0 aliphatic heterocycles. The van der Waals surface area contributed by atoms with Crippen LogP contribution in [0.15, 0.2) is 30.5 Å². The van der Waals surface area contributed by atoms with Gasteiger partial charge in [-0.25, -0.2) is 13.8 Å². The number of nitrogens with zero attached hydrogens (tertiary/aromatic N) is 1. The second-order valence-electron chi connectivity index (χ2n) is 4.71. The number of halogens is 2. The van der Waals surface area contributed by atoms with Crippen LogP contribution >= 0.6 is 12.2 Å². The number of anilines is 1. The second-order valence-corrected chi connectivity index (χ2v) is 5.15. The quantitative estimate of drug-likeness (QED) is 0.852. The molecule has 0 unspecified atom stereocenters. The van der Waals surface area contributed by atoms with Crippen molar-refractivity contribution in [2.24, 2.45) is 5.73 Å². The number of nitrogens with one attached hydrogen (secondary N) is 1. The summed E-state index contributed by atoms with van der Waals surface area (Å²) in [6.45, 7) is 1.89. The van der Waals surface area contributed by atoms with E-state index in [0.717, 1.165) is 11.1 Å². The van der Waals surface area contributed by atoms with Crippen molar-refractivity contribution in [3.8, 4) is 0 Å². The first-order chi connectivity index (χ1) is 9.97. The molecule has 0 aliphatic rings. The van der Waals surface area contributed by atoms with E-state index < -0.39 is 11.6 Å². The van der Waals surface area contributed by atoms with E-state index in [1.165, 1.54) is 18.2 Å². The van der Waals surface area contributed by atoms with Gasteiger partial charge in [-0.1, -0.05) is 12.1 Å². The molecule has 0 bridgehead atoms. The van der Waals surface area contributed by atoms with Gasteiger partial charge in [-0.05, 0) is 55.2 Å². The van der Waals surface area contributed by atoms with Gasteiger partial charge >= 0.3 is 0 Å². The van der Waals surface area contributed by atoms with Crippen LogP contribution in [-0.4, -0.2) is 10.1 Å². The number of aromatic nitrogens is 1. The minimum Gasteiger partial charge on any atom is -0.376 e. The summed E-state index contributed by atoms with van der Waals surface area (Å²) in [4.78, 5) is 4.21. The molecule has 2 aromatic rings. The highest BCUT2D eigenvalue weighted by atomic mass is 32.1. The summed E-state index contributed by atoms with van der Waals surface area (Å²) in [7, 11) is 0. The largest absolute Gasteiger partial charge is 0.376 e. The lowest BCUT2D eigenvalue weighted by atomic mass is 10.0. The van der Waals surface area contributed by atoms with E-state index >= 15 is 0 Å². The van der Waals surface area contributed by atoms with Crippen molar-refractivity contribution >= 4 is 23.1 Å². The highest BCUT2D eigenvalue weighted by Gasteiger charge is 2.11. The first-order valence-corrected chi connectivity index (χ1v) is 6.83. The summed E-state index contributed by atoms with van der Waals surface area (Å²) in [6, 6.07) is 5.75. The molecule has 3 nitrogen and oxygen atoms in total. The zero-order valence-electron chi connectivity index (χ0n) is 11.5. The van der Waals surface area contributed by atoms with E-state index in [4.69, 9.17) is 18.0 Å². The van der Waals surface area contributed by atoms with Gasteiger partial charge in [0.15, 0.2) is 5.11 Å². The number of nitrogens with two attached hydrogens (primary N) is 1. The van der Waals surface area contributed by atoms with Gasteiger partial charge in [-0.3, -0.25) is 0 Å². The molecule has 0 saturated heterocycles. The van der Waals surface area contributed by atoms with E-state index in [9.17, 15) is 8.78 Å². The highest BCUT2D eigenvalue weighted by molar-refractivity contribution is 7.80. The van der Waals surface area contributed by atoms with Gasteiger partial charge in [0.2, 0.25) is 0 Å². The molecule has 0 aliphatic carbocycles. The summed E-state index contributed by atoms with van der Waals surface area (Å²) in [5.74, 6) is -0.566. The maximum absolute atomic E-state index is 13.6. The second kappa shape index (κ2) is 6.58. The molecule has 0 fully saturated rings. The Hall–Kier alpha value is -2.08. The Kier molecular flexibility index (Phi) is 4.80. The van der Waals surface area contributed by atoms with Gasteiger partial charge in [0.25, 0.3) is 0 Å². The Balaban J connectivity index is 2.23. The first-order valence-electron chi connectivity index (χ1n) is 6.42. The third-order valence-corrected chi connectivity index (χ3v) is 3.15. The predicted octanol–water partition coefficient (Wildman–Crippen LogP) is 3.11. The van der Waals surface area contributed by atoms with Crippen LogP contribution < -0.4 is 11.1 Å². The van der Waals surface area contributed by atoms with Crippen molar-refractivity contribution in [3.05, 3.63) is 58.8 Å². The van der Waals surface area contributed by atoms with E-state index in [1.54, 1.807) is 6.20 Å². The van der Waals surface area contributed by atoms with Gasteiger partial charge in [0.05, 0.1) is 0 Å². The van der Waals surface area contributed by atoms with E-state index in [-0.39, 0.29) is 17.1 Å². The standard InChI is InChI=1S/C15H15F2N3S/c1-9-7-10(14(19-8-9)20-15(18)21)5-6-11-12(16)3-2-4-13(11)17/h2-4,7-8H,5-6H2,1H3,(H3,18,19,20,21). The minimum absolute atomic E-state index is 0.0697. The lowest BCUT2D eigenvalue weighted by Crippen LogP contribution is -2.21. The van der Waals surface area contributed by atoms with E-state index in [1.807, 2.05) is 13.0 Å². The van der Waals surface area contributed by atoms with E-state index in [2.05, 4.69) is 10.3 Å². The molecule has 1 aromatic carbocycles. The summed E-state index contributed by atoms with van der Waals surface area (Å²) < 4.78 is 27.3. The number of pyridine rings is 1. The molecule has 0 amide bonds. The van der Waals surface area contributed by atoms with Crippen molar-refractivity contribution in [2.75, 3.05) is 5.32 Å². The van der Waals surface area contributed by atoms with Crippen LogP contribution in [0.3, 0.4) is 0 Å². The van der Waals surface area contributed by atoms with Gasteiger partial charge < -0.3 is 11.1 Å². The summed E-state index contributed by atoms with van der Waals surface area (Å²) in [5, 5.41) is 2.88. The van der Waals surface area contributed by atoms with Crippen molar-refractivity contribution in [2.45, 2.75) is 19.8 Å². The van der Waals surface area contributed by atoms with Crippen LogP contribution in [0.4, 0.5) is 14.6 Å². The molecular formula is C15H15F2N3S. The molecule has 1 heterocycles. The average molecular weight is 307 g/mol. The third kappa shape index (κ3) is 3.95. The van der Waals surface area contributed by atoms with Crippen molar-refractivity contribution in [3.63, 3.8) is 0 Å². The van der Waals surface area contributed by atoms with Crippen molar-refractivity contribution in [1.29, 1.82) is 0 Å². The van der Waals surface area contributed by atoms with Crippen LogP contribution in [0, 0.1) is 18.6 Å². The normalized spacial score (nSPS) is 10.4. The highest BCUT2D eigenvalue weighted by Crippen LogP contribution is 2.19. The van der Waals surface area contributed by atoms with Crippen LogP contribution in [0.25, 0.3) is 0 Å². The minimum atomic E-state index is -0.542. The Morgan fingerprint density at radius 2 is 1.95 bits per heavy atom. The molecule has 0 saturated carbocycles. The zero-order valence-corrected chi connectivity index (χ0v) is 12.3. The Morgan fingerprint density at radius 1 is 1.29 bits per heavy atom. The number of thiocarbonyl (C=S) groups is 1. The number of aryl methyl sites for hydroxylation is 2. The number of rotatable bonds is 4. The molecule has 21 heavy (non-hydrogen) atoms. The SMILES string of the molecule is Cc1cnc(NC(N)=S)c(CCc2c(F)cccc2F)c1. The molecule has 2 rings (SSSR count). The average Bonchev–Trinajstić information content (AvgIpc) is 2.40.